The van der Waals surface area contributed by atoms with E-state index < -0.39 is 0 Å². The molecule has 2 aromatic carbocycles. The van der Waals surface area contributed by atoms with Gasteiger partial charge in [-0.3, -0.25) is 4.79 Å². The van der Waals surface area contributed by atoms with Gasteiger partial charge in [-0.1, -0.05) is 12.1 Å². The number of nitrogens with one attached hydrogen (secondary N) is 1. The number of amides is 1. The van der Waals surface area contributed by atoms with Crippen LogP contribution in [0, 0.1) is 6.92 Å². The van der Waals surface area contributed by atoms with Crippen molar-refractivity contribution in [2.24, 2.45) is 0 Å². The highest BCUT2D eigenvalue weighted by atomic mass is 32.1. The van der Waals surface area contributed by atoms with Crippen molar-refractivity contribution < 1.29 is 14.3 Å². The number of carbonyl (C=O) groups is 1. The standard InChI is InChI=1S/C23H20N4O3S/c1-15-24-8-9-27(15)13-16-2-5-18(6-3-16)25-22(28)19-14-31-23(26-19)17-4-7-20-21(12-17)30-11-10-29-20/h2-9,12,14H,10-11,13H2,1H3,(H,25,28). The number of aryl methyl sites for hydroxylation is 1. The van der Waals surface area contributed by atoms with Gasteiger partial charge < -0.3 is 19.4 Å². The maximum Gasteiger partial charge on any atom is 0.275 e. The van der Waals surface area contributed by atoms with Crippen molar-refractivity contribution in [2.45, 2.75) is 13.5 Å². The molecule has 7 nitrogen and oxygen atoms in total. The monoisotopic (exact) mass is 432 g/mol. The zero-order chi connectivity index (χ0) is 21.2. The molecule has 0 aliphatic carbocycles. The van der Waals surface area contributed by atoms with E-state index in [-0.39, 0.29) is 5.91 Å². The summed E-state index contributed by atoms with van der Waals surface area (Å²) in [4.78, 5) is 21.4. The molecular formula is C23H20N4O3S. The Morgan fingerprint density at radius 1 is 1.13 bits per heavy atom. The lowest BCUT2D eigenvalue weighted by molar-refractivity contribution is 0.102. The number of aromatic nitrogens is 3. The fourth-order valence-electron chi connectivity index (χ4n) is 3.34. The Hall–Kier alpha value is -3.65. The smallest absolute Gasteiger partial charge is 0.275 e. The van der Waals surface area contributed by atoms with Gasteiger partial charge in [0.2, 0.25) is 0 Å². The molecule has 156 valence electrons. The van der Waals surface area contributed by atoms with Gasteiger partial charge in [-0.2, -0.15) is 0 Å². The number of hydrogen-bond acceptors (Lipinski definition) is 6. The Morgan fingerprint density at radius 2 is 1.94 bits per heavy atom. The summed E-state index contributed by atoms with van der Waals surface area (Å²) in [5, 5.41) is 5.43. The fourth-order valence-corrected chi connectivity index (χ4v) is 4.14. The SMILES string of the molecule is Cc1nccn1Cc1ccc(NC(=O)c2csc(-c3ccc4c(c3)OCCO4)n2)cc1. The number of ether oxygens (including phenoxy) is 2. The number of carbonyl (C=O) groups excluding carboxylic acids is 1. The maximum absolute atomic E-state index is 12.7. The van der Waals surface area contributed by atoms with Gasteiger partial charge in [0.05, 0.1) is 0 Å². The molecular weight excluding hydrogens is 412 g/mol. The molecule has 0 bridgehead atoms. The van der Waals surface area contributed by atoms with Gasteiger partial charge in [0.1, 0.15) is 29.7 Å². The van der Waals surface area contributed by atoms with E-state index in [1.54, 1.807) is 11.6 Å². The van der Waals surface area contributed by atoms with E-state index in [9.17, 15) is 4.79 Å². The summed E-state index contributed by atoms with van der Waals surface area (Å²) in [5.41, 5.74) is 3.14. The lowest BCUT2D eigenvalue weighted by Crippen LogP contribution is -2.15. The number of nitrogens with zero attached hydrogens (tertiary/aromatic N) is 3. The van der Waals surface area contributed by atoms with Crippen LogP contribution in [0.5, 0.6) is 11.5 Å². The van der Waals surface area contributed by atoms with Crippen molar-refractivity contribution in [3.05, 3.63) is 77.3 Å². The van der Waals surface area contributed by atoms with E-state index in [4.69, 9.17) is 9.47 Å². The summed E-state index contributed by atoms with van der Waals surface area (Å²) in [6, 6.07) is 13.5. The summed E-state index contributed by atoms with van der Waals surface area (Å²) in [6.45, 7) is 3.80. The Bertz CT molecular complexity index is 1230. The third-order valence-corrected chi connectivity index (χ3v) is 5.91. The zero-order valence-corrected chi connectivity index (χ0v) is 17.7. The van der Waals surface area contributed by atoms with E-state index >= 15 is 0 Å². The van der Waals surface area contributed by atoms with Gasteiger partial charge in [-0.15, -0.1) is 11.3 Å². The van der Waals surface area contributed by atoms with E-state index in [2.05, 4.69) is 19.9 Å². The Balaban J connectivity index is 1.26. The van der Waals surface area contributed by atoms with Crippen LogP contribution < -0.4 is 14.8 Å². The van der Waals surface area contributed by atoms with Crippen molar-refractivity contribution in [2.75, 3.05) is 18.5 Å². The normalized spacial score (nSPS) is 12.5. The second-order valence-corrected chi connectivity index (χ2v) is 8.01. The van der Waals surface area contributed by atoms with Crippen LogP contribution >= 0.6 is 11.3 Å². The predicted octanol–water partition coefficient (Wildman–Crippen LogP) is 4.39. The minimum absolute atomic E-state index is 0.238. The molecule has 1 aliphatic heterocycles. The zero-order valence-electron chi connectivity index (χ0n) is 16.9. The highest BCUT2D eigenvalue weighted by molar-refractivity contribution is 7.13. The van der Waals surface area contributed by atoms with Crippen molar-refractivity contribution in [1.82, 2.24) is 14.5 Å². The molecule has 3 heterocycles. The lowest BCUT2D eigenvalue weighted by atomic mass is 10.2. The maximum atomic E-state index is 12.7. The molecule has 2 aromatic heterocycles. The Morgan fingerprint density at radius 3 is 2.71 bits per heavy atom. The van der Waals surface area contributed by atoms with Gasteiger partial charge in [0.25, 0.3) is 5.91 Å². The number of benzene rings is 2. The van der Waals surface area contributed by atoms with Crippen LogP contribution in [0.25, 0.3) is 10.6 Å². The van der Waals surface area contributed by atoms with Crippen LogP contribution in [0.3, 0.4) is 0 Å². The molecule has 1 aliphatic rings. The molecule has 0 unspecified atom stereocenters. The summed E-state index contributed by atoms with van der Waals surface area (Å²) < 4.78 is 13.3. The van der Waals surface area contributed by atoms with Crippen LogP contribution in [0.4, 0.5) is 5.69 Å². The van der Waals surface area contributed by atoms with Gasteiger partial charge in [0, 0.05) is 35.6 Å². The van der Waals surface area contributed by atoms with Crippen LogP contribution in [-0.4, -0.2) is 33.7 Å². The average molecular weight is 433 g/mol. The molecule has 0 fully saturated rings. The number of thiazole rings is 1. The first-order valence-electron chi connectivity index (χ1n) is 9.89. The van der Waals surface area contributed by atoms with Crippen molar-refractivity contribution in [3.63, 3.8) is 0 Å². The highest BCUT2D eigenvalue weighted by Gasteiger charge is 2.16. The minimum atomic E-state index is -0.238. The first-order valence-corrected chi connectivity index (χ1v) is 10.8. The van der Waals surface area contributed by atoms with Gasteiger partial charge in [-0.25, -0.2) is 9.97 Å². The minimum Gasteiger partial charge on any atom is -0.486 e. The van der Waals surface area contributed by atoms with E-state index in [0.29, 0.717) is 24.7 Å². The molecule has 0 atom stereocenters. The molecule has 0 saturated heterocycles. The number of imidazole rings is 1. The summed E-state index contributed by atoms with van der Waals surface area (Å²) >= 11 is 1.42. The molecule has 0 saturated carbocycles. The Labute approximate surface area is 183 Å². The van der Waals surface area contributed by atoms with E-state index in [1.165, 1.54) is 11.3 Å². The molecule has 0 radical (unpaired) electrons. The second-order valence-electron chi connectivity index (χ2n) is 7.15. The van der Waals surface area contributed by atoms with E-state index in [0.717, 1.165) is 39.9 Å². The molecule has 31 heavy (non-hydrogen) atoms. The molecule has 4 aromatic rings. The first kappa shape index (κ1) is 19.3. The van der Waals surface area contributed by atoms with Crippen molar-refractivity contribution in [3.8, 4) is 22.1 Å². The van der Waals surface area contributed by atoms with Gasteiger partial charge in [0.15, 0.2) is 11.5 Å². The second kappa shape index (κ2) is 8.23. The van der Waals surface area contributed by atoms with Crippen LogP contribution in [-0.2, 0) is 6.54 Å². The number of rotatable bonds is 5. The quantitative estimate of drug-likeness (QED) is 0.506. The predicted molar refractivity (Wildman–Crippen MR) is 119 cm³/mol. The lowest BCUT2D eigenvalue weighted by Gasteiger charge is -2.18. The first-order chi connectivity index (χ1) is 15.2. The topological polar surface area (TPSA) is 78.3 Å². The van der Waals surface area contributed by atoms with Crippen LogP contribution in [0.2, 0.25) is 0 Å². The third kappa shape index (κ3) is 4.15. The third-order valence-electron chi connectivity index (χ3n) is 5.01. The van der Waals surface area contributed by atoms with Gasteiger partial charge >= 0.3 is 0 Å². The number of anilines is 1. The van der Waals surface area contributed by atoms with Crippen molar-refractivity contribution in [1.29, 1.82) is 0 Å². The van der Waals surface area contributed by atoms with Gasteiger partial charge in [-0.05, 0) is 42.8 Å². The highest BCUT2D eigenvalue weighted by Crippen LogP contribution is 2.35. The van der Waals surface area contributed by atoms with Crippen LogP contribution in [0.1, 0.15) is 21.9 Å². The summed E-state index contributed by atoms with van der Waals surface area (Å²) in [5.74, 6) is 2.17. The molecule has 8 heteroatoms. The largest absolute Gasteiger partial charge is 0.486 e. The van der Waals surface area contributed by atoms with Crippen LogP contribution in [0.15, 0.2) is 60.2 Å². The van der Waals surface area contributed by atoms with Crippen molar-refractivity contribution >= 4 is 22.9 Å². The number of hydrogen-bond donors (Lipinski definition) is 1. The molecule has 0 spiro atoms. The summed E-state index contributed by atoms with van der Waals surface area (Å²) in [7, 11) is 0. The summed E-state index contributed by atoms with van der Waals surface area (Å²) in [6.07, 6.45) is 3.74. The number of fused-ring (bicyclic) bond motifs is 1. The fraction of sp³-hybridized carbons (Fsp3) is 0.174. The molecule has 1 amide bonds. The Kier molecular flexibility index (Phi) is 5.13. The molecule has 5 rings (SSSR count). The van der Waals surface area contributed by atoms with E-state index in [1.807, 2.05) is 55.6 Å². The average Bonchev–Trinajstić information content (AvgIpc) is 3.44. The molecule has 1 N–H and O–H groups in total.